The Morgan fingerprint density at radius 1 is 0.957 bits per heavy atom. The first-order valence-electron chi connectivity index (χ1n) is 7.56. The molecule has 2 aromatic rings. The van der Waals surface area contributed by atoms with Crippen LogP contribution in [0.25, 0.3) is 5.70 Å². The summed E-state index contributed by atoms with van der Waals surface area (Å²) in [6.07, 6.45) is 0. The van der Waals surface area contributed by atoms with E-state index in [0.29, 0.717) is 16.8 Å². The molecule has 1 N–H and O–H groups in total. The fraction of sp³-hybridized carbons (Fsp3) is 0.158. The molecule has 4 nitrogen and oxygen atoms in total. The van der Waals surface area contributed by atoms with Gasteiger partial charge in [0.25, 0.3) is 0 Å². The Morgan fingerprint density at radius 2 is 1.61 bits per heavy atom. The molecule has 0 fully saturated rings. The van der Waals surface area contributed by atoms with Crippen LogP contribution < -0.4 is 5.32 Å². The maximum absolute atomic E-state index is 12.9. The number of urea groups is 1. The van der Waals surface area contributed by atoms with E-state index in [1.807, 2.05) is 55.5 Å². The monoisotopic (exact) mass is 304 g/mol. The van der Waals surface area contributed by atoms with Gasteiger partial charge < -0.3 is 10.2 Å². The van der Waals surface area contributed by atoms with Crippen molar-refractivity contribution in [3.8, 4) is 0 Å². The number of rotatable bonds is 1. The Hall–Kier alpha value is -2.88. The van der Waals surface area contributed by atoms with Gasteiger partial charge in [0.2, 0.25) is 0 Å². The standard InChI is InChI=1S/C19H16N2O2/c1-11-7-9-12(10-8-11)17-15-16(20-19(23)21(17)2)13-5-3-4-6-14(13)18(15)22/h3-10,17H,1-2H3,(H,20,23)/t17-/m1/s1. The average Bonchev–Trinajstić information content (AvgIpc) is 2.83. The van der Waals surface area contributed by atoms with Crippen LogP contribution in [0.5, 0.6) is 0 Å². The van der Waals surface area contributed by atoms with Crippen LogP contribution in [-0.2, 0) is 0 Å². The van der Waals surface area contributed by atoms with Crippen molar-refractivity contribution in [1.82, 2.24) is 10.2 Å². The van der Waals surface area contributed by atoms with Gasteiger partial charge in [-0.15, -0.1) is 0 Å². The summed E-state index contributed by atoms with van der Waals surface area (Å²) in [5.41, 5.74) is 4.86. The third-order valence-corrected chi connectivity index (χ3v) is 4.56. The first kappa shape index (κ1) is 13.8. The fourth-order valence-corrected chi connectivity index (χ4v) is 3.34. The molecule has 114 valence electrons. The van der Waals surface area contributed by atoms with Gasteiger partial charge in [0.05, 0.1) is 17.3 Å². The van der Waals surface area contributed by atoms with Gasteiger partial charge in [-0.25, -0.2) is 4.79 Å². The molecule has 0 saturated heterocycles. The minimum absolute atomic E-state index is 0.00646. The number of aryl methyl sites for hydroxylation is 1. The molecule has 1 aliphatic carbocycles. The minimum atomic E-state index is -0.362. The van der Waals surface area contributed by atoms with Crippen molar-refractivity contribution >= 4 is 17.5 Å². The summed E-state index contributed by atoms with van der Waals surface area (Å²) in [4.78, 5) is 26.9. The number of benzene rings is 2. The quantitative estimate of drug-likeness (QED) is 0.879. The lowest BCUT2D eigenvalue weighted by Crippen LogP contribution is -2.44. The Labute approximate surface area is 134 Å². The maximum Gasteiger partial charge on any atom is 0.322 e. The Balaban J connectivity index is 1.92. The predicted octanol–water partition coefficient (Wildman–Crippen LogP) is 3.30. The van der Waals surface area contributed by atoms with E-state index in [1.54, 1.807) is 11.9 Å². The van der Waals surface area contributed by atoms with Crippen LogP contribution in [0.3, 0.4) is 0 Å². The van der Waals surface area contributed by atoms with Crippen molar-refractivity contribution in [2.45, 2.75) is 13.0 Å². The van der Waals surface area contributed by atoms with Gasteiger partial charge >= 0.3 is 6.03 Å². The highest BCUT2D eigenvalue weighted by Gasteiger charge is 2.42. The summed E-state index contributed by atoms with van der Waals surface area (Å²) in [5.74, 6) is -0.00646. The van der Waals surface area contributed by atoms with E-state index in [1.165, 1.54) is 0 Å². The normalized spacial score (nSPS) is 19.6. The van der Waals surface area contributed by atoms with Gasteiger partial charge in [-0.2, -0.15) is 0 Å². The molecule has 0 saturated carbocycles. The van der Waals surface area contributed by atoms with Gasteiger partial charge in [0.1, 0.15) is 0 Å². The van der Waals surface area contributed by atoms with E-state index in [9.17, 15) is 9.59 Å². The molecule has 1 atom stereocenters. The number of ketones is 1. The number of nitrogens with zero attached hydrogens (tertiary/aromatic N) is 1. The number of hydrogen-bond donors (Lipinski definition) is 1. The van der Waals surface area contributed by atoms with Gasteiger partial charge in [0.15, 0.2) is 5.78 Å². The second kappa shape index (κ2) is 4.81. The third-order valence-electron chi connectivity index (χ3n) is 4.56. The number of carbonyl (C=O) groups is 2. The number of carbonyl (C=O) groups excluding carboxylic acids is 2. The van der Waals surface area contributed by atoms with E-state index < -0.39 is 0 Å². The van der Waals surface area contributed by atoms with E-state index in [2.05, 4.69) is 5.32 Å². The van der Waals surface area contributed by atoms with E-state index in [0.717, 1.165) is 16.7 Å². The summed E-state index contributed by atoms with van der Waals surface area (Å²) in [7, 11) is 1.72. The van der Waals surface area contributed by atoms with Gasteiger partial charge in [-0.3, -0.25) is 4.79 Å². The van der Waals surface area contributed by atoms with Gasteiger partial charge in [0, 0.05) is 18.2 Å². The first-order valence-corrected chi connectivity index (χ1v) is 7.56. The molecule has 23 heavy (non-hydrogen) atoms. The molecule has 0 aromatic heterocycles. The van der Waals surface area contributed by atoms with Crippen LogP contribution in [0.2, 0.25) is 0 Å². The van der Waals surface area contributed by atoms with Crippen molar-refractivity contribution in [1.29, 1.82) is 0 Å². The smallest absolute Gasteiger partial charge is 0.316 e. The van der Waals surface area contributed by atoms with Crippen molar-refractivity contribution in [2.24, 2.45) is 0 Å². The summed E-state index contributed by atoms with van der Waals surface area (Å²) >= 11 is 0. The van der Waals surface area contributed by atoms with Crippen molar-refractivity contribution < 1.29 is 9.59 Å². The second-order valence-electron chi connectivity index (χ2n) is 6.02. The number of Topliss-reactive ketones (excluding diaryl/α,β-unsaturated/α-hetero) is 1. The number of nitrogens with one attached hydrogen (secondary N) is 1. The van der Waals surface area contributed by atoms with Gasteiger partial charge in [-0.05, 0) is 12.5 Å². The van der Waals surface area contributed by atoms with Crippen LogP contribution in [-0.4, -0.2) is 23.8 Å². The summed E-state index contributed by atoms with van der Waals surface area (Å²) < 4.78 is 0. The molecule has 4 rings (SSSR count). The largest absolute Gasteiger partial charge is 0.322 e. The summed E-state index contributed by atoms with van der Waals surface area (Å²) in [5, 5.41) is 2.87. The van der Waals surface area contributed by atoms with Crippen LogP contribution in [0.1, 0.15) is 33.1 Å². The number of likely N-dealkylation sites (N-methyl/N-ethyl adjacent to an activating group) is 1. The first-order chi connectivity index (χ1) is 11.1. The minimum Gasteiger partial charge on any atom is -0.316 e. The number of hydrogen-bond acceptors (Lipinski definition) is 2. The molecule has 2 amide bonds. The van der Waals surface area contributed by atoms with Crippen LogP contribution in [0, 0.1) is 6.92 Å². The molecule has 1 aliphatic heterocycles. The second-order valence-corrected chi connectivity index (χ2v) is 6.02. The summed E-state index contributed by atoms with van der Waals surface area (Å²) in [6, 6.07) is 14.8. The molecule has 4 heteroatoms. The van der Waals surface area contributed by atoms with E-state index >= 15 is 0 Å². The fourth-order valence-electron chi connectivity index (χ4n) is 3.34. The highest BCUT2D eigenvalue weighted by atomic mass is 16.2. The zero-order valence-corrected chi connectivity index (χ0v) is 13.0. The molecule has 0 radical (unpaired) electrons. The molecular weight excluding hydrogens is 288 g/mol. The lowest BCUT2D eigenvalue weighted by molar-refractivity contribution is 0.101. The lowest BCUT2D eigenvalue weighted by atomic mass is 9.92. The highest BCUT2D eigenvalue weighted by molar-refractivity contribution is 6.23. The number of fused-ring (bicyclic) bond motifs is 2. The highest BCUT2D eigenvalue weighted by Crippen LogP contribution is 2.42. The molecule has 0 unspecified atom stereocenters. The molecule has 1 heterocycles. The topological polar surface area (TPSA) is 49.4 Å². The summed E-state index contributed by atoms with van der Waals surface area (Å²) in [6.45, 7) is 2.02. The molecule has 2 aliphatic rings. The SMILES string of the molecule is Cc1ccc([C@@H]2C3=C(NC(=O)N2C)c2ccccc2C3=O)cc1. The number of amides is 2. The zero-order chi connectivity index (χ0) is 16.1. The lowest BCUT2D eigenvalue weighted by Gasteiger charge is -2.34. The van der Waals surface area contributed by atoms with Crippen molar-refractivity contribution in [3.63, 3.8) is 0 Å². The van der Waals surface area contributed by atoms with E-state index in [-0.39, 0.29) is 17.9 Å². The molecule has 2 aromatic carbocycles. The Morgan fingerprint density at radius 3 is 2.30 bits per heavy atom. The van der Waals surface area contributed by atoms with Crippen LogP contribution in [0.15, 0.2) is 54.1 Å². The third kappa shape index (κ3) is 1.91. The van der Waals surface area contributed by atoms with Crippen molar-refractivity contribution in [2.75, 3.05) is 7.05 Å². The van der Waals surface area contributed by atoms with Crippen LogP contribution in [0.4, 0.5) is 4.79 Å². The Bertz CT molecular complexity index is 865. The zero-order valence-electron chi connectivity index (χ0n) is 13.0. The molecule has 0 bridgehead atoms. The van der Waals surface area contributed by atoms with E-state index in [4.69, 9.17) is 0 Å². The molecule has 0 spiro atoms. The average molecular weight is 304 g/mol. The van der Waals surface area contributed by atoms with Crippen molar-refractivity contribution in [3.05, 3.63) is 76.4 Å². The molecular formula is C19H16N2O2. The van der Waals surface area contributed by atoms with Gasteiger partial charge in [-0.1, -0.05) is 54.1 Å². The Kier molecular flexibility index (Phi) is 2.88. The maximum atomic E-state index is 12.9. The van der Waals surface area contributed by atoms with Crippen LogP contribution >= 0.6 is 0 Å². The predicted molar refractivity (Wildman–Crippen MR) is 87.9 cm³/mol.